The first kappa shape index (κ1) is 9.53. The van der Waals surface area contributed by atoms with E-state index in [1.54, 1.807) is 17.5 Å². The molecule has 3 rings (SSSR count). The van der Waals surface area contributed by atoms with Gasteiger partial charge in [0.15, 0.2) is 5.69 Å². The molecule has 0 spiro atoms. The molecule has 0 fully saturated rings. The van der Waals surface area contributed by atoms with Gasteiger partial charge in [0, 0.05) is 28.8 Å². The van der Waals surface area contributed by atoms with Crippen LogP contribution in [0.4, 0.5) is 0 Å². The Morgan fingerprint density at radius 3 is 3.12 bits per heavy atom. The molecule has 1 aliphatic rings. The molecule has 0 aromatic carbocycles. The topological polar surface area (TPSA) is 78.9 Å². The number of aromatic nitrogens is 3. The Labute approximate surface area is 95.2 Å². The number of hydrogen-bond acceptors (Lipinski definition) is 4. The van der Waals surface area contributed by atoms with Gasteiger partial charge in [0.2, 0.25) is 0 Å². The van der Waals surface area contributed by atoms with Crippen molar-refractivity contribution in [3.63, 3.8) is 0 Å². The van der Waals surface area contributed by atoms with Crippen LogP contribution in [-0.2, 0) is 12.8 Å². The molecule has 1 aliphatic carbocycles. The number of carboxylic acids is 1. The maximum atomic E-state index is 10.9. The highest BCUT2D eigenvalue weighted by Gasteiger charge is 2.31. The lowest BCUT2D eigenvalue weighted by atomic mass is 10.1. The zero-order chi connectivity index (χ0) is 11.1. The minimum atomic E-state index is -0.961. The zero-order valence-corrected chi connectivity index (χ0v) is 9.12. The normalized spacial score (nSPS) is 18.6. The number of nitrogens with zero attached hydrogens (tertiary/aromatic N) is 2. The maximum Gasteiger partial charge on any atom is 0.356 e. The van der Waals surface area contributed by atoms with Gasteiger partial charge in [-0.05, 0) is 12.8 Å². The van der Waals surface area contributed by atoms with Crippen molar-refractivity contribution in [2.45, 2.75) is 18.8 Å². The first-order valence-corrected chi connectivity index (χ1v) is 5.82. The molecule has 1 unspecified atom stereocenters. The molecule has 1 atom stereocenters. The maximum absolute atomic E-state index is 10.9. The fourth-order valence-electron chi connectivity index (χ4n) is 2.14. The van der Waals surface area contributed by atoms with Gasteiger partial charge in [-0.25, -0.2) is 9.78 Å². The molecule has 82 valence electrons. The highest BCUT2D eigenvalue weighted by atomic mass is 32.1. The van der Waals surface area contributed by atoms with Crippen LogP contribution in [0.5, 0.6) is 0 Å². The van der Waals surface area contributed by atoms with E-state index in [1.165, 1.54) is 0 Å². The molecule has 2 aromatic heterocycles. The Morgan fingerprint density at radius 2 is 2.44 bits per heavy atom. The van der Waals surface area contributed by atoms with Crippen LogP contribution >= 0.6 is 11.3 Å². The Balaban J connectivity index is 1.92. The van der Waals surface area contributed by atoms with E-state index >= 15 is 0 Å². The lowest BCUT2D eigenvalue weighted by Gasteiger charge is -2.03. The van der Waals surface area contributed by atoms with Crippen LogP contribution in [0.15, 0.2) is 11.6 Å². The molecular formula is C10H9N3O2S. The van der Waals surface area contributed by atoms with Crippen molar-refractivity contribution in [3.8, 4) is 0 Å². The minimum Gasteiger partial charge on any atom is -0.476 e. The quantitative estimate of drug-likeness (QED) is 0.825. The standard InChI is InChI=1S/C10H9N3O2S/c14-10(15)8-6-3-5(4-7(6)12-13-8)9-11-1-2-16-9/h1-2,5H,3-4H2,(H,12,13)(H,14,15). The van der Waals surface area contributed by atoms with Crippen molar-refractivity contribution in [3.05, 3.63) is 33.5 Å². The molecule has 0 saturated heterocycles. The second-order valence-electron chi connectivity index (χ2n) is 3.81. The van der Waals surface area contributed by atoms with Gasteiger partial charge in [-0.3, -0.25) is 5.10 Å². The average Bonchev–Trinajstić information content (AvgIpc) is 2.92. The lowest BCUT2D eigenvalue weighted by Crippen LogP contribution is -2.03. The van der Waals surface area contributed by atoms with Gasteiger partial charge in [-0.15, -0.1) is 11.3 Å². The van der Waals surface area contributed by atoms with Crippen LogP contribution in [0.2, 0.25) is 0 Å². The molecule has 0 bridgehead atoms. The molecule has 6 heteroatoms. The third-order valence-corrected chi connectivity index (χ3v) is 3.80. The van der Waals surface area contributed by atoms with Gasteiger partial charge in [0.1, 0.15) is 0 Å². The van der Waals surface area contributed by atoms with Crippen LogP contribution in [0, 0.1) is 0 Å². The number of rotatable bonds is 2. The number of aromatic amines is 1. The average molecular weight is 235 g/mol. The summed E-state index contributed by atoms with van der Waals surface area (Å²) in [5.74, 6) is -0.653. The van der Waals surface area contributed by atoms with Crippen LogP contribution in [0.3, 0.4) is 0 Å². The van der Waals surface area contributed by atoms with Gasteiger partial charge in [0.05, 0.1) is 5.01 Å². The Morgan fingerprint density at radius 1 is 1.56 bits per heavy atom. The molecule has 2 N–H and O–H groups in total. The number of aromatic carboxylic acids is 1. The van der Waals surface area contributed by atoms with Crippen LogP contribution < -0.4 is 0 Å². The van der Waals surface area contributed by atoms with E-state index in [9.17, 15) is 4.79 Å². The fourth-order valence-corrected chi connectivity index (χ4v) is 2.88. The largest absolute Gasteiger partial charge is 0.476 e. The van der Waals surface area contributed by atoms with E-state index in [0.29, 0.717) is 5.92 Å². The highest BCUT2D eigenvalue weighted by Crippen LogP contribution is 2.35. The second-order valence-corrected chi connectivity index (χ2v) is 4.74. The van der Waals surface area contributed by atoms with Gasteiger partial charge in [0.25, 0.3) is 0 Å². The van der Waals surface area contributed by atoms with Crippen molar-refractivity contribution in [2.75, 3.05) is 0 Å². The molecule has 16 heavy (non-hydrogen) atoms. The van der Waals surface area contributed by atoms with E-state index in [-0.39, 0.29) is 5.69 Å². The van der Waals surface area contributed by atoms with E-state index in [4.69, 9.17) is 5.11 Å². The zero-order valence-electron chi connectivity index (χ0n) is 8.30. The van der Waals surface area contributed by atoms with Crippen molar-refractivity contribution in [1.29, 1.82) is 0 Å². The summed E-state index contributed by atoms with van der Waals surface area (Å²) in [4.78, 5) is 15.2. The molecule has 0 amide bonds. The van der Waals surface area contributed by atoms with Crippen molar-refractivity contribution in [1.82, 2.24) is 15.2 Å². The minimum absolute atomic E-state index is 0.161. The van der Waals surface area contributed by atoms with Crippen molar-refractivity contribution < 1.29 is 9.90 Å². The summed E-state index contributed by atoms with van der Waals surface area (Å²) in [6, 6.07) is 0. The Kier molecular flexibility index (Phi) is 2.03. The third-order valence-electron chi connectivity index (χ3n) is 2.86. The molecule has 2 aromatic rings. The SMILES string of the molecule is O=C(O)c1n[nH]c2c1CC(c1nccs1)C2. The molecule has 0 radical (unpaired) electrons. The fraction of sp³-hybridized carbons (Fsp3) is 0.300. The second kappa shape index (κ2) is 3.41. The van der Waals surface area contributed by atoms with E-state index in [1.807, 2.05) is 5.38 Å². The molecule has 0 aliphatic heterocycles. The monoisotopic (exact) mass is 235 g/mol. The summed E-state index contributed by atoms with van der Waals surface area (Å²) in [7, 11) is 0. The number of carboxylic acid groups (broad SMARTS) is 1. The van der Waals surface area contributed by atoms with E-state index < -0.39 is 5.97 Å². The van der Waals surface area contributed by atoms with Crippen LogP contribution in [0.25, 0.3) is 0 Å². The number of hydrogen-bond donors (Lipinski definition) is 2. The Bertz CT molecular complexity index is 532. The molecule has 2 heterocycles. The predicted octanol–water partition coefficient (Wildman–Crippen LogP) is 1.45. The van der Waals surface area contributed by atoms with Gasteiger partial charge >= 0.3 is 5.97 Å². The summed E-state index contributed by atoms with van der Waals surface area (Å²) < 4.78 is 0. The number of fused-ring (bicyclic) bond motifs is 1. The van der Waals surface area contributed by atoms with Crippen LogP contribution in [0.1, 0.15) is 32.7 Å². The van der Waals surface area contributed by atoms with E-state index in [0.717, 1.165) is 29.1 Å². The summed E-state index contributed by atoms with van der Waals surface area (Å²) in [6.07, 6.45) is 3.31. The van der Waals surface area contributed by atoms with Gasteiger partial charge in [-0.2, -0.15) is 5.10 Å². The van der Waals surface area contributed by atoms with Crippen LogP contribution in [-0.4, -0.2) is 26.3 Å². The summed E-state index contributed by atoms with van der Waals surface area (Å²) in [5.41, 5.74) is 1.94. The van der Waals surface area contributed by atoms with Crippen molar-refractivity contribution in [2.24, 2.45) is 0 Å². The number of H-pyrrole nitrogens is 1. The summed E-state index contributed by atoms with van der Waals surface area (Å²) in [5, 5.41) is 18.6. The first-order valence-electron chi connectivity index (χ1n) is 4.94. The first-order chi connectivity index (χ1) is 7.75. The van der Waals surface area contributed by atoms with Crippen molar-refractivity contribution >= 4 is 17.3 Å². The highest BCUT2D eigenvalue weighted by molar-refractivity contribution is 7.09. The number of nitrogens with one attached hydrogen (secondary N) is 1. The summed E-state index contributed by atoms with van der Waals surface area (Å²) >= 11 is 1.62. The lowest BCUT2D eigenvalue weighted by molar-refractivity contribution is 0.0689. The smallest absolute Gasteiger partial charge is 0.356 e. The Hall–Kier alpha value is -1.69. The molecule has 5 nitrogen and oxygen atoms in total. The number of thiazole rings is 1. The third kappa shape index (κ3) is 1.34. The predicted molar refractivity (Wildman–Crippen MR) is 57.8 cm³/mol. The van der Waals surface area contributed by atoms with Gasteiger partial charge in [-0.1, -0.05) is 0 Å². The molecule has 0 saturated carbocycles. The number of carbonyl (C=O) groups is 1. The molecular weight excluding hydrogens is 226 g/mol. The van der Waals surface area contributed by atoms with Gasteiger partial charge < -0.3 is 5.11 Å². The summed E-state index contributed by atoms with van der Waals surface area (Å²) in [6.45, 7) is 0. The van der Waals surface area contributed by atoms with E-state index in [2.05, 4.69) is 15.2 Å².